The van der Waals surface area contributed by atoms with Crippen LogP contribution in [-0.2, 0) is 14.8 Å². The predicted molar refractivity (Wildman–Crippen MR) is 89.5 cm³/mol. The molecule has 0 saturated carbocycles. The van der Waals surface area contributed by atoms with Crippen molar-refractivity contribution in [1.82, 2.24) is 14.9 Å². The average Bonchev–Trinajstić information content (AvgIpc) is 2.81. The summed E-state index contributed by atoms with van der Waals surface area (Å²) in [6.45, 7) is 1.48. The third-order valence-electron chi connectivity index (χ3n) is 4.27. The number of fused-ring (bicyclic) bond motifs is 2. The lowest BCUT2D eigenvalue weighted by atomic mass is 10.2. The predicted octanol–water partition coefficient (Wildman–Crippen LogP) is 1.19. The first-order valence-electron chi connectivity index (χ1n) is 7.86. The molecule has 1 aromatic rings. The van der Waals surface area contributed by atoms with Gasteiger partial charge < -0.3 is 15.0 Å². The zero-order chi connectivity index (χ0) is 17.2. The molecule has 132 valence electrons. The maximum atomic E-state index is 12.3. The molecule has 1 aromatic carbocycles. The van der Waals surface area contributed by atoms with Crippen molar-refractivity contribution in [1.29, 1.82) is 0 Å². The third kappa shape index (κ3) is 3.83. The molecule has 2 amide bonds. The molecule has 7 nitrogen and oxygen atoms in total. The molecule has 3 rings (SSSR count). The van der Waals surface area contributed by atoms with Gasteiger partial charge in [-0.2, -0.15) is 0 Å². The second kappa shape index (κ2) is 7.26. The van der Waals surface area contributed by atoms with Crippen molar-refractivity contribution in [2.24, 2.45) is 0 Å². The van der Waals surface area contributed by atoms with Gasteiger partial charge in [0.2, 0.25) is 10.0 Å². The summed E-state index contributed by atoms with van der Waals surface area (Å²) in [6, 6.07) is 6.14. The standard InChI is InChI=1S/C15H20ClN3O4S/c16-11-2-1-3-14(8-11)24(21,22)18-7-6-17-15(20)19-12-4-5-13(19)10-23-9-12/h1-3,8,12-13,18H,4-7,9-10H2,(H,17,20). The van der Waals surface area contributed by atoms with E-state index in [9.17, 15) is 13.2 Å². The van der Waals surface area contributed by atoms with Gasteiger partial charge in [0, 0.05) is 18.1 Å². The van der Waals surface area contributed by atoms with Crippen LogP contribution in [0, 0.1) is 0 Å². The van der Waals surface area contributed by atoms with E-state index in [1.165, 1.54) is 12.1 Å². The number of halogens is 1. The normalized spacial score (nSPS) is 23.3. The van der Waals surface area contributed by atoms with Crippen LogP contribution in [0.3, 0.4) is 0 Å². The molecule has 0 aromatic heterocycles. The number of hydrogen-bond acceptors (Lipinski definition) is 4. The van der Waals surface area contributed by atoms with Crippen LogP contribution >= 0.6 is 11.6 Å². The van der Waals surface area contributed by atoms with E-state index in [0.717, 1.165) is 12.8 Å². The molecule has 2 unspecified atom stereocenters. The molecular formula is C15H20ClN3O4S. The van der Waals surface area contributed by atoms with Gasteiger partial charge in [0.05, 0.1) is 30.2 Å². The number of sulfonamides is 1. The Bertz CT molecular complexity index is 696. The molecule has 2 fully saturated rings. The summed E-state index contributed by atoms with van der Waals surface area (Å²) in [5.41, 5.74) is 0. The first-order valence-corrected chi connectivity index (χ1v) is 9.72. The van der Waals surface area contributed by atoms with Crippen LogP contribution in [0.15, 0.2) is 29.2 Å². The summed E-state index contributed by atoms with van der Waals surface area (Å²) in [7, 11) is -3.63. The van der Waals surface area contributed by atoms with Crippen LogP contribution < -0.4 is 10.0 Å². The minimum absolute atomic E-state index is 0.104. The van der Waals surface area contributed by atoms with Gasteiger partial charge in [0.25, 0.3) is 0 Å². The molecule has 2 atom stereocenters. The molecule has 24 heavy (non-hydrogen) atoms. The van der Waals surface area contributed by atoms with E-state index >= 15 is 0 Å². The largest absolute Gasteiger partial charge is 0.377 e. The first kappa shape index (κ1) is 17.5. The van der Waals surface area contributed by atoms with Gasteiger partial charge in [-0.25, -0.2) is 17.9 Å². The van der Waals surface area contributed by atoms with E-state index in [4.69, 9.17) is 16.3 Å². The number of amides is 2. The van der Waals surface area contributed by atoms with Crippen LogP contribution in [-0.4, -0.2) is 57.7 Å². The molecule has 2 bridgehead atoms. The van der Waals surface area contributed by atoms with Crippen LogP contribution in [0.4, 0.5) is 4.79 Å². The minimum Gasteiger partial charge on any atom is -0.377 e. The second-order valence-electron chi connectivity index (χ2n) is 5.92. The van der Waals surface area contributed by atoms with E-state index in [1.807, 2.05) is 4.90 Å². The Balaban J connectivity index is 1.48. The molecule has 0 aliphatic carbocycles. The summed E-state index contributed by atoms with van der Waals surface area (Å²) in [6.07, 6.45) is 1.92. The number of carbonyl (C=O) groups is 1. The van der Waals surface area contributed by atoms with Crippen molar-refractivity contribution in [3.63, 3.8) is 0 Å². The van der Waals surface area contributed by atoms with E-state index in [0.29, 0.717) is 18.2 Å². The lowest BCUT2D eigenvalue weighted by Crippen LogP contribution is -2.53. The van der Waals surface area contributed by atoms with Gasteiger partial charge in [0.1, 0.15) is 0 Å². The maximum Gasteiger partial charge on any atom is 0.318 e. The summed E-state index contributed by atoms with van der Waals surface area (Å²) in [5, 5.41) is 3.12. The van der Waals surface area contributed by atoms with E-state index in [1.54, 1.807) is 12.1 Å². The molecule has 9 heteroatoms. The highest BCUT2D eigenvalue weighted by molar-refractivity contribution is 7.89. The number of nitrogens with zero attached hydrogens (tertiary/aromatic N) is 1. The van der Waals surface area contributed by atoms with Crippen molar-refractivity contribution in [2.45, 2.75) is 29.8 Å². The van der Waals surface area contributed by atoms with Crippen molar-refractivity contribution in [3.05, 3.63) is 29.3 Å². The topological polar surface area (TPSA) is 87.7 Å². The van der Waals surface area contributed by atoms with Gasteiger partial charge in [-0.15, -0.1) is 0 Å². The van der Waals surface area contributed by atoms with E-state index in [2.05, 4.69) is 10.0 Å². The Hall–Kier alpha value is -1.35. The van der Waals surface area contributed by atoms with E-state index < -0.39 is 10.0 Å². The van der Waals surface area contributed by atoms with Crippen molar-refractivity contribution in [2.75, 3.05) is 26.3 Å². The fourth-order valence-electron chi connectivity index (χ4n) is 3.12. The summed E-state index contributed by atoms with van der Waals surface area (Å²) >= 11 is 5.81. The Morgan fingerprint density at radius 2 is 1.96 bits per heavy atom. The maximum absolute atomic E-state index is 12.3. The molecule has 2 aliphatic rings. The lowest BCUT2D eigenvalue weighted by Gasteiger charge is -2.34. The number of benzene rings is 1. The zero-order valence-electron chi connectivity index (χ0n) is 13.1. The molecule has 2 aliphatic heterocycles. The van der Waals surface area contributed by atoms with Crippen LogP contribution in [0.5, 0.6) is 0 Å². The number of rotatable bonds is 5. The highest BCUT2D eigenvalue weighted by atomic mass is 35.5. The van der Waals surface area contributed by atoms with Crippen molar-refractivity contribution < 1.29 is 17.9 Å². The highest BCUT2D eigenvalue weighted by Gasteiger charge is 2.40. The lowest BCUT2D eigenvalue weighted by molar-refractivity contribution is 0.00647. The van der Waals surface area contributed by atoms with Gasteiger partial charge in [-0.05, 0) is 31.0 Å². The number of nitrogens with one attached hydrogen (secondary N) is 2. The van der Waals surface area contributed by atoms with Gasteiger partial charge in [0.15, 0.2) is 0 Å². The van der Waals surface area contributed by atoms with Crippen LogP contribution in [0.1, 0.15) is 12.8 Å². The first-order chi connectivity index (χ1) is 11.5. The summed E-state index contributed by atoms with van der Waals surface area (Å²) < 4.78 is 32.2. The number of carbonyl (C=O) groups excluding carboxylic acids is 1. The average molecular weight is 374 g/mol. The van der Waals surface area contributed by atoms with Gasteiger partial charge in [-0.3, -0.25) is 0 Å². The van der Waals surface area contributed by atoms with Crippen molar-refractivity contribution in [3.8, 4) is 0 Å². The number of ether oxygens (including phenoxy) is 1. The third-order valence-corrected chi connectivity index (χ3v) is 5.97. The van der Waals surface area contributed by atoms with Crippen molar-refractivity contribution >= 4 is 27.7 Å². The number of morpholine rings is 1. The van der Waals surface area contributed by atoms with Gasteiger partial charge >= 0.3 is 6.03 Å². The quantitative estimate of drug-likeness (QED) is 0.759. The fourth-order valence-corrected chi connectivity index (χ4v) is 4.46. The molecule has 0 radical (unpaired) electrons. The number of urea groups is 1. The van der Waals surface area contributed by atoms with Gasteiger partial charge in [-0.1, -0.05) is 17.7 Å². The van der Waals surface area contributed by atoms with Crippen LogP contribution in [0.2, 0.25) is 5.02 Å². The summed E-state index contributed by atoms with van der Waals surface area (Å²) in [4.78, 5) is 14.2. The molecule has 0 spiro atoms. The second-order valence-corrected chi connectivity index (χ2v) is 8.12. The van der Waals surface area contributed by atoms with Crippen LogP contribution in [0.25, 0.3) is 0 Å². The SMILES string of the molecule is O=C(NCCNS(=O)(=O)c1cccc(Cl)c1)N1C2CCC1COC2. The van der Waals surface area contributed by atoms with E-state index in [-0.39, 0.29) is 36.1 Å². The monoisotopic (exact) mass is 373 g/mol. The highest BCUT2D eigenvalue weighted by Crippen LogP contribution is 2.28. The zero-order valence-corrected chi connectivity index (χ0v) is 14.6. The minimum atomic E-state index is -3.63. The molecule has 2 N–H and O–H groups in total. The molecular weight excluding hydrogens is 354 g/mol. The number of hydrogen-bond donors (Lipinski definition) is 2. The molecule has 2 heterocycles. The Morgan fingerprint density at radius 3 is 2.62 bits per heavy atom. The Morgan fingerprint density at radius 1 is 1.25 bits per heavy atom. The molecule has 2 saturated heterocycles. The summed E-state index contributed by atoms with van der Waals surface area (Å²) in [5.74, 6) is 0. The Kier molecular flexibility index (Phi) is 5.29. The smallest absolute Gasteiger partial charge is 0.318 e. The fraction of sp³-hybridized carbons (Fsp3) is 0.533. The Labute approximate surface area is 146 Å².